The zero-order valence-electron chi connectivity index (χ0n) is 12.5. The van der Waals surface area contributed by atoms with E-state index in [0.717, 1.165) is 16.9 Å². The number of esters is 1. The van der Waals surface area contributed by atoms with Gasteiger partial charge < -0.3 is 10.5 Å². The molecule has 3 rings (SSSR count). The van der Waals surface area contributed by atoms with Crippen LogP contribution in [-0.2, 0) is 11.3 Å². The van der Waals surface area contributed by atoms with Gasteiger partial charge in [-0.2, -0.15) is 0 Å². The molecule has 2 N–H and O–H groups in total. The van der Waals surface area contributed by atoms with E-state index in [4.69, 9.17) is 10.5 Å². The van der Waals surface area contributed by atoms with E-state index in [1.807, 2.05) is 12.1 Å². The third-order valence-electron chi connectivity index (χ3n) is 3.42. The molecule has 0 fully saturated rings. The van der Waals surface area contributed by atoms with E-state index >= 15 is 0 Å². The number of carbonyl (C=O) groups excluding carboxylic acids is 1. The van der Waals surface area contributed by atoms with Crippen LogP contribution >= 0.6 is 0 Å². The Labute approximate surface area is 132 Å². The Hall–Kier alpha value is -3.06. The first kappa shape index (κ1) is 14.9. The Morgan fingerprint density at radius 2 is 1.87 bits per heavy atom. The molecule has 0 saturated heterocycles. The standard InChI is InChI=1S/C16H15N5O2/c1-23-16(22)12-2-4-13(5-3-12)21-15(14(10-17)19-20-21)11-6-8-18-9-7-11/h2-9H,10,17H2,1H3. The second kappa shape index (κ2) is 6.37. The summed E-state index contributed by atoms with van der Waals surface area (Å²) in [5.41, 5.74) is 9.43. The third kappa shape index (κ3) is 2.82. The second-order valence-electron chi connectivity index (χ2n) is 4.78. The number of hydrogen-bond donors (Lipinski definition) is 1. The minimum absolute atomic E-state index is 0.276. The number of aromatic nitrogens is 4. The number of benzene rings is 1. The molecule has 0 bridgehead atoms. The summed E-state index contributed by atoms with van der Waals surface area (Å²) in [6.07, 6.45) is 3.40. The maximum atomic E-state index is 11.5. The molecule has 1 aromatic carbocycles. The summed E-state index contributed by atoms with van der Waals surface area (Å²) in [5.74, 6) is -0.382. The molecule has 0 aliphatic carbocycles. The van der Waals surface area contributed by atoms with Crippen molar-refractivity contribution in [1.29, 1.82) is 0 Å². The SMILES string of the molecule is COC(=O)c1ccc(-n2nnc(CN)c2-c2ccncc2)cc1. The molecule has 7 nitrogen and oxygen atoms in total. The number of nitrogens with zero attached hydrogens (tertiary/aromatic N) is 4. The van der Waals surface area contributed by atoms with E-state index in [0.29, 0.717) is 11.3 Å². The van der Waals surface area contributed by atoms with Crippen molar-refractivity contribution in [3.63, 3.8) is 0 Å². The number of nitrogens with two attached hydrogens (primary N) is 1. The zero-order valence-corrected chi connectivity index (χ0v) is 12.5. The van der Waals surface area contributed by atoms with Crippen LogP contribution in [-0.4, -0.2) is 33.1 Å². The fourth-order valence-corrected chi connectivity index (χ4v) is 2.29. The topological polar surface area (TPSA) is 95.9 Å². The van der Waals surface area contributed by atoms with Gasteiger partial charge in [-0.25, -0.2) is 9.48 Å². The van der Waals surface area contributed by atoms with Gasteiger partial charge in [0.2, 0.25) is 0 Å². The largest absolute Gasteiger partial charge is 0.465 e. The molecule has 7 heteroatoms. The molecule has 3 aromatic rings. The summed E-state index contributed by atoms with van der Waals surface area (Å²) in [5, 5.41) is 8.32. The second-order valence-corrected chi connectivity index (χ2v) is 4.78. The smallest absolute Gasteiger partial charge is 0.337 e. The van der Waals surface area contributed by atoms with Crippen LogP contribution in [0.5, 0.6) is 0 Å². The fourth-order valence-electron chi connectivity index (χ4n) is 2.29. The average Bonchev–Trinajstić information content (AvgIpc) is 3.06. The van der Waals surface area contributed by atoms with Gasteiger partial charge in [0.05, 0.1) is 24.1 Å². The predicted molar refractivity (Wildman–Crippen MR) is 83.8 cm³/mol. The highest BCUT2D eigenvalue weighted by atomic mass is 16.5. The molecule has 0 amide bonds. The number of pyridine rings is 1. The number of carbonyl (C=O) groups is 1. The summed E-state index contributed by atoms with van der Waals surface area (Å²) in [7, 11) is 1.35. The molecule has 0 aliphatic rings. The van der Waals surface area contributed by atoms with Gasteiger partial charge in [0, 0.05) is 24.5 Å². The van der Waals surface area contributed by atoms with Gasteiger partial charge in [-0.15, -0.1) is 5.10 Å². The highest BCUT2D eigenvalue weighted by molar-refractivity contribution is 5.89. The quantitative estimate of drug-likeness (QED) is 0.735. The molecule has 23 heavy (non-hydrogen) atoms. The van der Waals surface area contributed by atoms with Gasteiger partial charge in [-0.3, -0.25) is 4.98 Å². The molecule has 0 spiro atoms. The molecule has 0 unspecified atom stereocenters. The monoisotopic (exact) mass is 309 g/mol. The summed E-state index contributed by atoms with van der Waals surface area (Å²) in [6.45, 7) is 0.276. The van der Waals surface area contributed by atoms with Crippen molar-refractivity contribution in [1.82, 2.24) is 20.0 Å². The Morgan fingerprint density at radius 3 is 2.48 bits per heavy atom. The van der Waals surface area contributed by atoms with Crippen molar-refractivity contribution in [2.75, 3.05) is 7.11 Å². The van der Waals surface area contributed by atoms with Crippen LogP contribution in [0.15, 0.2) is 48.8 Å². The molecule has 0 aliphatic heterocycles. The minimum Gasteiger partial charge on any atom is -0.465 e. The lowest BCUT2D eigenvalue weighted by atomic mass is 10.1. The zero-order chi connectivity index (χ0) is 16.2. The maximum Gasteiger partial charge on any atom is 0.337 e. The Morgan fingerprint density at radius 1 is 1.17 bits per heavy atom. The van der Waals surface area contributed by atoms with Crippen LogP contribution in [0.2, 0.25) is 0 Å². The van der Waals surface area contributed by atoms with E-state index in [-0.39, 0.29) is 12.5 Å². The summed E-state index contributed by atoms with van der Waals surface area (Å²) in [6, 6.07) is 10.7. The van der Waals surface area contributed by atoms with E-state index in [1.165, 1.54) is 7.11 Å². The van der Waals surface area contributed by atoms with Crippen molar-refractivity contribution in [2.24, 2.45) is 5.73 Å². The lowest BCUT2D eigenvalue weighted by molar-refractivity contribution is 0.0601. The lowest BCUT2D eigenvalue weighted by Gasteiger charge is -2.08. The Kier molecular flexibility index (Phi) is 4.11. The summed E-state index contributed by atoms with van der Waals surface area (Å²) < 4.78 is 6.39. The van der Waals surface area contributed by atoms with Crippen molar-refractivity contribution in [3.8, 4) is 16.9 Å². The Balaban J connectivity index is 2.07. The molecule has 116 valence electrons. The van der Waals surface area contributed by atoms with Gasteiger partial charge in [-0.05, 0) is 36.4 Å². The molecular formula is C16H15N5O2. The van der Waals surface area contributed by atoms with Gasteiger partial charge in [0.15, 0.2) is 0 Å². The number of methoxy groups -OCH3 is 1. The van der Waals surface area contributed by atoms with Crippen molar-refractivity contribution >= 4 is 5.97 Å². The van der Waals surface area contributed by atoms with Crippen molar-refractivity contribution in [3.05, 3.63) is 60.0 Å². The van der Waals surface area contributed by atoms with Gasteiger partial charge in [0.25, 0.3) is 0 Å². The van der Waals surface area contributed by atoms with Gasteiger partial charge in [-0.1, -0.05) is 5.21 Å². The summed E-state index contributed by atoms with van der Waals surface area (Å²) >= 11 is 0. The van der Waals surface area contributed by atoms with Crippen LogP contribution in [0.3, 0.4) is 0 Å². The first-order valence-electron chi connectivity index (χ1n) is 6.98. The Bertz CT molecular complexity index is 812. The van der Waals surface area contributed by atoms with Crippen molar-refractivity contribution < 1.29 is 9.53 Å². The van der Waals surface area contributed by atoms with E-state index in [9.17, 15) is 4.79 Å². The maximum absolute atomic E-state index is 11.5. The van der Waals surface area contributed by atoms with E-state index < -0.39 is 0 Å². The lowest BCUT2D eigenvalue weighted by Crippen LogP contribution is -2.04. The predicted octanol–water partition coefficient (Wildman–Crippen LogP) is 1.57. The van der Waals surface area contributed by atoms with Gasteiger partial charge >= 0.3 is 5.97 Å². The molecule has 0 radical (unpaired) electrons. The normalized spacial score (nSPS) is 10.5. The van der Waals surface area contributed by atoms with E-state index in [2.05, 4.69) is 15.3 Å². The van der Waals surface area contributed by atoms with Gasteiger partial charge in [0.1, 0.15) is 5.69 Å². The molecular weight excluding hydrogens is 294 g/mol. The molecule has 0 atom stereocenters. The minimum atomic E-state index is -0.382. The first-order valence-corrected chi connectivity index (χ1v) is 6.98. The molecule has 2 heterocycles. The highest BCUT2D eigenvalue weighted by Crippen LogP contribution is 2.24. The van der Waals surface area contributed by atoms with Crippen LogP contribution < -0.4 is 5.73 Å². The highest BCUT2D eigenvalue weighted by Gasteiger charge is 2.15. The molecule has 2 aromatic heterocycles. The van der Waals surface area contributed by atoms with Crippen LogP contribution in [0.1, 0.15) is 16.1 Å². The number of ether oxygens (including phenoxy) is 1. The molecule has 0 saturated carbocycles. The summed E-state index contributed by atoms with van der Waals surface area (Å²) in [4.78, 5) is 15.5. The fraction of sp³-hybridized carbons (Fsp3) is 0.125. The van der Waals surface area contributed by atoms with Crippen LogP contribution in [0.25, 0.3) is 16.9 Å². The average molecular weight is 309 g/mol. The number of rotatable bonds is 4. The van der Waals surface area contributed by atoms with Crippen molar-refractivity contribution in [2.45, 2.75) is 6.54 Å². The first-order chi connectivity index (χ1) is 11.2. The van der Waals surface area contributed by atoms with E-state index in [1.54, 1.807) is 41.3 Å². The van der Waals surface area contributed by atoms with Crippen LogP contribution in [0.4, 0.5) is 0 Å². The third-order valence-corrected chi connectivity index (χ3v) is 3.42. The number of hydrogen-bond acceptors (Lipinski definition) is 6. The van der Waals surface area contributed by atoms with Crippen LogP contribution in [0, 0.1) is 0 Å².